The molecule has 3 aromatic carbocycles. The molecule has 4 aromatic rings. The van der Waals surface area contributed by atoms with Gasteiger partial charge in [-0.1, -0.05) is 30.3 Å². The predicted octanol–water partition coefficient (Wildman–Crippen LogP) is 0.659. The number of benzene rings is 3. The summed E-state index contributed by atoms with van der Waals surface area (Å²) in [5, 5.41) is 14.6. The molecule has 0 atom stereocenters. The van der Waals surface area contributed by atoms with Gasteiger partial charge in [-0.15, -0.1) is 0 Å². The Bertz CT molecular complexity index is 1350. The number of hydrogen-bond donors (Lipinski definition) is 1. The van der Waals surface area contributed by atoms with E-state index in [4.69, 9.17) is 0 Å². The number of carbonyl (C=O) groups is 2. The van der Waals surface area contributed by atoms with Crippen LogP contribution >= 0.6 is 0 Å². The van der Waals surface area contributed by atoms with E-state index >= 15 is 0 Å². The summed E-state index contributed by atoms with van der Waals surface area (Å²) in [6.45, 7) is 0. The maximum Gasteiger partial charge on any atom is 1.00 e. The molecule has 1 aromatic heterocycles. The normalized spacial score (nSPS) is 10.8. The van der Waals surface area contributed by atoms with Crippen LogP contribution in [-0.4, -0.2) is 21.9 Å². The van der Waals surface area contributed by atoms with Crippen LogP contribution in [0.4, 0.5) is 18.9 Å². The van der Waals surface area contributed by atoms with Crippen molar-refractivity contribution in [2.24, 2.45) is 7.05 Å². The zero-order valence-electron chi connectivity index (χ0n) is 18.2. The van der Waals surface area contributed by atoms with Crippen molar-refractivity contribution in [2.75, 3.05) is 5.32 Å². The third-order valence-corrected chi connectivity index (χ3v) is 5.20. The number of carboxylic acid groups (broad SMARTS) is 1. The molecule has 0 saturated carbocycles. The van der Waals surface area contributed by atoms with Gasteiger partial charge in [0.2, 0.25) is 0 Å². The van der Waals surface area contributed by atoms with Gasteiger partial charge in [0.25, 0.3) is 5.91 Å². The summed E-state index contributed by atoms with van der Waals surface area (Å²) in [6.07, 6.45) is -4.44. The summed E-state index contributed by atoms with van der Waals surface area (Å²) in [5.41, 5.74) is 1.59. The number of hydrogen-bond acceptors (Lipinski definition) is 3. The third-order valence-electron chi connectivity index (χ3n) is 5.20. The van der Waals surface area contributed by atoms with Gasteiger partial charge in [0, 0.05) is 29.2 Å². The fourth-order valence-corrected chi connectivity index (χ4v) is 3.59. The Balaban J connectivity index is 0.00000204. The minimum atomic E-state index is -4.44. The van der Waals surface area contributed by atoms with Crippen molar-refractivity contribution in [1.82, 2.24) is 4.57 Å². The van der Waals surface area contributed by atoms with Crippen LogP contribution in [0.3, 0.4) is 0 Å². The van der Waals surface area contributed by atoms with Gasteiger partial charge in [0.15, 0.2) is 0 Å². The van der Waals surface area contributed by atoms with E-state index in [1.807, 2.05) is 0 Å². The van der Waals surface area contributed by atoms with E-state index in [1.165, 1.54) is 22.8 Å². The average Bonchev–Trinajstić information content (AvgIpc) is 3.09. The number of anilines is 1. The monoisotopic (exact) mass is 494 g/mol. The van der Waals surface area contributed by atoms with Crippen LogP contribution in [0.1, 0.15) is 26.4 Å². The third kappa shape index (κ3) is 5.60. The Hall–Kier alpha value is -2.47. The summed E-state index contributed by atoms with van der Waals surface area (Å²) in [6, 6.07) is 17.6. The second-order valence-corrected chi connectivity index (χ2v) is 7.22. The van der Waals surface area contributed by atoms with Crippen LogP contribution in [-0.2, 0) is 13.2 Å². The summed E-state index contributed by atoms with van der Waals surface area (Å²) in [7, 11) is 1.60. The van der Waals surface area contributed by atoms with Crippen molar-refractivity contribution >= 4 is 28.5 Å². The van der Waals surface area contributed by atoms with Gasteiger partial charge in [0.05, 0.1) is 17.2 Å². The zero-order chi connectivity index (χ0) is 23.0. The number of aromatic nitrogens is 1. The van der Waals surface area contributed by atoms with Crippen molar-refractivity contribution in [3.05, 3.63) is 89.6 Å². The van der Waals surface area contributed by atoms with Crippen molar-refractivity contribution in [1.29, 1.82) is 0 Å². The molecule has 0 fully saturated rings. The van der Waals surface area contributed by atoms with Gasteiger partial charge in [-0.25, -0.2) is 0 Å². The van der Waals surface area contributed by atoms with Gasteiger partial charge >= 0.3 is 57.6 Å². The number of carboxylic acids is 1. The van der Waals surface area contributed by atoms with Crippen LogP contribution in [0.2, 0.25) is 0 Å². The van der Waals surface area contributed by atoms with E-state index < -0.39 is 23.6 Å². The number of fused-ring (bicyclic) bond motifs is 1. The second kappa shape index (κ2) is 10.8. The van der Waals surface area contributed by atoms with E-state index in [0.29, 0.717) is 27.7 Å². The maximum atomic E-state index is 13.0. The molecule has 3 N–H and O–H groups in total. The molecule has 10 heteroatoms. The van der Waals surface area contributed by atoms with E-state index in [9.17, 15) is 27.9 Å². The van der Waals surface area contributed by atoms with Crippen molar-refractivity contribution < 1.29 is 84.7 Å². The van der Waals surface area contributed by atoms with E-state index in [-0.39, 0.29) is 68.1 Å². The Morgan fingerprint density at radius 1 is 0.941 bits per heavy atom. The fourth-order valence-electron chi connectivity index (χ4n) is 3.59. The molecule has 1 amide bonds. The first-order chi connectivity index (χ1) is 15.1. The number of carbonyl (C=O) groups excluding carboxylic acids is 2. The topological polar surface area (TPSA) is 106 Å². The number of amides is 1. The van der Waals surface area contributed by atoms with Gasteiger partial charge in [-0.2, -0.15) is 13.2 Å². The molecule has 0 unspecified atom stereocenters. The number of rotatable bonds is 4. The first-order valence-corrected chi connectivity index (χ1v) is 9.54. The van der Waals surface area contributed by atoms with Crippen molar-refractivity contribution in [3.63, 3.8) is 0 Å². The largest absolute Gasteiger partial charge is 1.00 e. The molecule has 34 heavy (non-hydrogen) atoms. The number of nitrogens with zero attached hydrogens (tertiary/aromatic N) is 1. The first kappa shape index (κ1) is 27.8. The van der Waals surface area contributed by atoms with Gasteiger partial charge in [-0.05, 0) is 53.6 Å². The first-order valence-electron chi connectivity index (χ1n) is 9.54. The molecular weight excluding hydrogens is 476 g/mol. The molecule has 0 spiro atoms. The molecule has 1 heterocycles. The number of alkyl halides is 3. The molecular formula is C24H18F3KN2O4. The number of aromatic carboxylic acids is 1. The van der Waals surface area contributed by atoms with Gasteiger partial charge < -0.3 is 25.3 Å². The molecule has 0 aliphatic rings. The van der Waals surface area contributed by atoms with Crippen molar-refractivity contribution in [2.45, 2.75) is 6.18 Å². The maximum absolute atomic E-state index is 13.0. The SMILES string of the molecule is Cn1c(C(=O)[O-])cc2cc(NC(=O)c3ccccc3-c3ccc(C(F)(F)F)cc3)ccc21.O.[K+]. The molecule has 0 bridgehead atoms. The summed E-state index contributed by atoms with van der Waals surface area (Å²) >= 11 is 0. The Kier molecular flexibility index (Phi) is 8.86. The van der Waals surface area contributed by atoms with Crippen LogP contribution in [0.5, 0.6) is 0 Å². The van der Waals surface area contributed by atoms with Gasteiger partial charge in [0.1, 0.15) is 0 Å². The predicted molar refractivity (Wildman–Crippen MR) is 116 cm³/mol. The minimum absolute atomic E-state index is 0. The van der Waals surface area contributed by atoms with Crippen molar-refractivity contribution in [3.8, 4) is 11.1 Å². The molecule has 0 saturated heterocycles. The molecule has 0 aliphatic heterocycles. The average molecular weight is 495 g/mol. The quantitative estimate of drug-likeness (QED) is 0.422. The minimum Gasteiger partial charge on any atom is -0.543 e. The number of halogens is 3. The van der Waals surface area contributed by atoms with E-state index in [2.05, 4.69) is 5.32 Å². The Morgan fingerprint density at radius 2 is 1.59 bits per heavy atom. The van der Waals surface area contributed by atoms with Crippen LogP contribution in [0.15, 0.2) is 72.8 Å². The van der Waals surface area contributed by atoms with Gasteiger partial charge in [-0.3, -0.25) is 4.79 Å². The molecule has 0 radical (unpaired) electrons. The summed E-state index contributed by atoms with van der Waals surface area (Å²) in [5.74, 6) is -1.75. The Labute approximate surface area is 235 Å². The Morgan fingerprint density at radius 3 is 2.21 bits per heavy atom. The molecule has 170 valence electrons. The summed E-state index contributed by atoms with van der Waals surface area (Å²) in [4.78, 5) is 24.2. The van der Waals surface area contributed by atoms with Crippen LogP contribution < -0.4 is 61.8 Å². The molecule has 4 rings (SSSR count). The van der Waals surface area contributed by atoms with E-state index in [1.54, 1.807) is 49.5 Å². The zero-order valence-corrected chi connectivity index (χ0v) is 21.4. The van der Waals surface area contributed by atoms with E-state index in [0.717, 1.165) is 12.1 Å². The molecule has 6 nitrogen and oxygen atoms in total. The summed E-state index contributed by atoms with van der Waals surface area (Å²) < 4.78 is 40.0. The number of aryl methyl sites for hydroxylation is 1. The smallest absolute Gasteiger partial charge is 0.543 e. The molecule has 0 aliphatic carbocycles. The fraction of sp³-hybridized carbons (Fsp3) is 0.0833. The number of nitrogens with one attached hydrogen (secondary N) is 1. The standard InChI is InChI=1S/C24H17F3N2O3.K.H2O/c1-29-20-11-10-17(12-15(20)13-21(29)23(31)32)28-22(30)19-5-3-2-4-18(19)14-6-8-16(9-7-14)24(25,26)27;;/h2-13H,1H3,(H,28,30)(H,31,32);;1H2/q;+1;/p-1. The second-order valence-electron chi connectivity index (χ2n) is 7.22. The van der Waals surface area contributed by atoms with Crippen LogP contribution in [0.25, 0.3) is 22.0 Å². The van der Waals surface area contributed by atoms with Crippen LogP contribution in [0, 0.1) is 0 Å².